The summed E-state index contributed by atoms with van der Waals surface area (Å²) < 4.78 is 16.6. The first-order valence-electron chi connectivity index (χ1n) is 13.4. The Hall–Kier alpha value is -4.17. The van der Waals surface area contributed by atoms with Crippen LogP contribution in [0, 0.1) is 0 Å². The monoisotopic (exact) mass is 594 g/mol. The summed E-state index contributed by atoms with van der Waals surface area (Å²) in [5.41, 5.74) is 0.269. The molecule has 0 amide bonds. The van der Waals surface area contributed by atoms with Gasteiger partial charge in [0.1, 0.15) is 35.6 Å². The number of carbonyl (C=O) groups is 3. The summed E-state index contributed by atoms with van der Waals surface area (Å²) in [6, 6.07) is 10.4. The predicted octanol–water partition coefficient (Wildman–Crippen LogP) is 0.875. The molecule has 12 heteroatoms. The molecule has 0 spiro atoms. The number of fused-ring (bicyclic) bond motifs is 2. The molecule has 226 valence electrons. The van der Waals surface area contributed by atoms with Crippen LogP contribution in [0.2, 0.25) is 0 Å². The van der Waals surface area contributed by atoms with E-state index in [0.29, 0.717) is 11.1 Å². The number of hydrogen-bond acceptors (Lipinski definition) is 12. The quantitative estimate of drug-likeness (QED) is 0.131. The Morgan fingerprint density at radius 1 is 0.884 bits per heavy atom. The SMILES string of the molecule is CC(=O)Oc1cc(CO)c2c(c1)C(=O)c1cc(O[C@H]3O[C@H](C)[C@@H](O)[C@@H](O)[C@H]3O)c(Cc3cccc(CO)c3)c(O)c1C2=O. The second-order valence-corrected chi connectivity index (χ2v) is 10.5. The summed E-state index contributed by atoms with van der Waals surface area (Å²) in [6.07, 6.45) is -7.30. The first kappa shape index (κ1) is 30.3. The summed E-state index contributed by atoms with van der Waals surface area (Å²) in [7, 11) is 0. The van der Waals surface area contributed by atoms with Crippen molar-refractivity contribution in [1.82, 2.24) is 0 Å². The predicted molar refractivity (Wildman–Crippen MR) is 147 cm³/mol. The third-order valence-corrected chi connectivity index (χ3v) is 7.54. The van der Waals surface area contributed by atoms with Crippen molar-refractivity contribution in [3.8, 4) is 17.2 Å². The molecule has 12 nitrogen and oxygen atoms in total. The maximum Gasteiger partial charge on any atom is 0.308 e. The number of ketones is 2. The molecule has 1 heterocycles. The highest BCUT2D eigenvalue weighted by Crippen LogP contribution is 2.43. The number of phenolic OH excluding ortho intramolecular Hbond substituents is 1. The van der Waals surface area contributed by atoms with Crippen LogP contribution in [0.1, 0.15) is 67.9 Å². The maximum atomic E-state index is 13.8. The standard InChI is InChI=1S/C31H30O12/c1-13-25(35)29(39)30(40)31(41-13)43-22-10-21-24(27(37)19(22)7-15-4-3-5-16(6-15)11-32)28(38)23-17(12-33)8-18(42-14(2)34)9-20(23)26(21)36/h3-6,8-10,13,25,29-33,35,37,39-40H,7,11-12H2,1-2H3/t13-,25-,29-,30-,31-/m1/s1. The molecule has 0 bridgehead atoms. The maximum absolute atomic E-state index is 13.8. The van der Waals surface area contributed by atoms with E-state index >= 15 is 0 Å². The van der Waals surface area contributed by atoms with Gasteiger partial charge < -0.3 is 44.8 Å². The van der Waals surface area contributed by atoms with Crippen LogP contribution >= 0.6 is 0 Å². The van der Waals surface area contributed by atoms with Gasteiger partial charge >= 0.3 is 5.97 Å². The minimum atomic E-state index is -1.72. The number of phenols is 1. The number of hydrogen-bond donors (Lipinski definition) is 6. The molecule has 1 fully saturated rings. The Morgan fingerprint density at radius 2 is 1.58 bits per heavy atom. The molecule has 0 unspecified atom stereocenters. The molecule has 1 saturated heterocycles. The van der Waals surface area contributed by atoms with Gasteiger partial charge in [-0.05, 0) is 41.8 Å². The molecule has 0 aromatic heterocycles. The van der Waals surface area contributed by atoms with Crippen LogP contribution in [0.4, 0.5) is 0 Å². The van der Waals surface area contributed by atoms with E-state index in [1.807, 2.05) is 0 Å². The van der Waals surface area contributed by atoms with Crippen molar-refractivity contribution >= 4 is 17.5 Å². The van der Waals surface area contributed by atoms with E-state index < -0.39 is 60.6 Å². The fourth-order valence-electron chi connectivity index (χ4n) is 5.39. The number of benzene rings is 3. The van der Waals surface area contributed by atoms with Crippen LogP contribution in [0.5, 0.6) is 17.2 Å². The average Bonchev–Trinajstić information content (AvgIpc) is 2.98. The molecule has 1 aliphatic carbocycles. The van der Waals surface area contributed by atoms with Crippen LogP contribution in [-0.4, -0.2) is 78.9 Å². The normalized spacial score (nSPS) is 23.0. The largest absolute Gasteiger partial charge is 0.507 e. The fourth-order valence-corrected chi connectivity index (χ4v) is 5.39. The van der Waals surface area contributed by atoms with Gasteiger partial charge in [0.15, 0.2) is 11.6 Å². The topological polar surface area (TPSA) is 200 Å². The average molecular weight is 595 g/mol. The fraction of sp³-hybridized carbons (Fsp3) is 0.323. The zero-order valence-electron chi connectivity index (χ0n) is 23.2. The number of ether oxygens (including phenoxy) is 3. The van der Waals surface area contributed by atoms with Crippen molar-refractivity contribution < 1.29 is 59.2 Å². The van der Waals surface area contributed by atoms with E-state index in [-0.39, 0.29) is 57.9 Å². The Balaban J connectivity index is 1.67. The van der Waals surface area contributed by atoms with Gasteiger partial charge in [-0.25, -0.2) is 0 Å². The van der Waals surface area contributed by atoms with Gasteiger partial charge in [0.25, 0.3) is 0 Å². The molecule has 3 aromatic rings. The van der Waals surface area contributed by atoms with Gasteiger partial charge in [0, 0.05) is 35.6 Å². The third-order valence-electron chi connectivity index (χ3n) is 7.54. The smallest absolute Gasteiger partial charge is 0.308 e. The van der Waals surface area contributed by atoms with Gasteiger partial charge in [0.2, 0.25) is 6.29 Å². The van der Waals surface area contributed by atoms with Crippen LogP contribution in [0.15, 0.2) is 42.5 Å². The number of rotatable bonds is 7. The van der Waals surface area contributed by atoms with Gasteiger partial charge in [-0.2, -0.15) is 0 Å². The minimum absolute atomic E-state index is 0.00920. The third kappa shape index (κ3) is 5.52. The molecule has 43 heavy (non-hydrogen) atoms. The van der Waals surface area contributed by atoms with Crippen LogP contribution in [0.3, 0.4) is 0 Å². The highest BCUT2D eigenvalue weighted by atomic mass is 16.7. The molecule has 1 aliphatic heterocycles. The summed E-state index contributed by atoms with van der Waals surface area (Å²) in [5, 5.41) is 62.2. The van der Waals surface area contributed by atoms with Crippen molar-refractivity contribution in [3.63, 3.8) is 0 Å². The molecular weight excluding hydrogens is 564 g/mol. The van der Waals surface area contributed by atoms with Crippen molar-refractivity contribution in [2.24, 2.45) is 0 Å². The minimum Gasteiger partial charge on any atom is -0.507 e. The lowest BCUT2D eigenvalue weighted by Gasteiger charge is -2.39. The van der Waals surface area contributed by atoms with E-state index in [9.17, 15) is 45.0 Å². The second kappa shape index (κ2) is 11.8. The van der Waals surface area contributed by atoms with Crippen molar-refractivity contribution in [3.05, 3.63) is 87.0 Å². The molecule has 0 radical (unpaired) electrons. The Morgan fingerprint density at radius 3 is 2.26 bits per heavy atom. The zero-order valence-corrected chi connectivity index (χ0v) is 23.2. The van der Waals surface area contributed by atoms with Gasteiger partial charge in [-0.3, -0.25) is 14.4 Å². The van der Waals surface area contributed by atoms with E-state index in [0.717, 1.165) is 6.92 Å². The Labute approximate surface area is 245 Å². The molecule has 5 atom stereocenters. The van der Waals surface area contributed by atoms with E-state index in [1.54, 1.807) is 24.3 Å². The summed E-state index contributed by atoms with van der Waals surface area (Å²) in [5.74, 6) is -3.02. The highest BCUT2D eigenvalue weighted by molar-refractivity contribution is 6.30. The summed E-state index contributed by atoms with van der Waals surface area (Å²) in [4.78, 5) is 39.2. The van der Waals surface area contributed by atoms with Gasteiger partial charge in [-0.1, -0.05) is 24.3 Å². The van der Waals surface area contributed by atoms with Crippen molar-refractivity contribution in [2.75, 3.05) is 0 Å². The first-order chi connectivity index (χ1) is 20.4. The number of esters is 1. The first-order valence-corrected chi connectivity index (χ1v) is 13.4. The molecule has 0 saturated carbocycles. The van der Waals surface area contributed by atoms with Gasteiger partial charge in [0.05, 0.1) is 24.9 Å². The van der Waals surface area contributed by atoms with Crippen molar-refractivity contribution in [1.29, 1.82) is 0 Å². The Kier molecular flexibility index (Phi) is 8.34. The molecule has 6 N–H and O–H groups in total. The van der Waals surface area contributed by atoms with E-state index in [2.05, 4.69) is 0 Å². The molecule has 3 aromatic carbocycles. The molecular formula is C31H30O12. The summed E-state index contributed by atoms with van der Waals surface area (Å²) >= 11 is 0. The lowest BCUT2D eigenvalue weighted by molar-refractivity contribution is -0.268. The highest BCUT2D eigenvalue weighted by Gasteiger charge is 2.44. The zero-order chi connectivity index (χ0) is 31.2. The van der Waals surface area contributed by atoms with E-state index in [4.69, 9.17) is 14.2 Å². The van der Waals surface area contributed by atoms with Crippen molar-refractivity contribution in [2.45, 2.75) is 64.2 Å². The summed E-state index contributed by atoms with van der Waals surface area (Å²) in [6.45, 7) is 1.69. The molecule has 5 rings (SSSR count). The van der Waals surface area contributed by atoms with Crippen LogP contribution in [0.25, 0.3) is 0 Å². The van der Waals surface area contributed by atoms with Crippen LogP contribution in [-0.2, 0) is 29.2 Å². The Bertz CT molecular complexity index is 1610. The number of carbonyl (C=O) groups excluding carboxylic acids is 3. The van der Waals surface area contributed by atoms with Crippen LogP contribution < -0.4 is 9.47 Å². The lowest BCUT2D eigenvalue weighted by Crippen LogP contribution is -2.58. The lowest BCUT2D eigenvalue weighted by atomic mass is 9.79. The molecule has 2 aliphatic rings. The number of aliphatic hydroxyl groups excluding tert-OH is 5. The van der Waals surface area contributed by atoms with E-state index in [1.165, 1.54) is 25.1 Å². The number of aliphatic hydroxyl groups is 5. The second-order valence-electron chi connectivity index (χ2n) is 10.5. The number of aromatic hydroxyl groups is 1. The van der Waals surface area contributed by atoms with Gasteiger partial charge in [-0.15, -0.1) is 0 Å².